The Morgan fingerprint density at radius 2 is 0.742 bits per heavy atom. The first-order valence-electron chi connectivity index (χ1n) is 11.5. The second kappa shape index (κ2) is 10.7. The molecule has 3 aromatic rings. The van der Waals surface area contributed by atoms with Crippen LogP contribution in [0.2, 0.25) is 0 Å². The summed E-state index contributed by atoms with van der Waals surface area (Å²) in [6.45, 7) is 18.3. The average molecular weight is 471 g/mol. The Morgan fingerprint density at radius 3 is 1.00 bits per heavy atom. The van der Waals surface area contributed by atoms with Gasteiger partial charge in [-0.2, -0.15) is 0 Å². The summed E-state index contributed by atoms with van der Waals surface area (Å²) < 4.78 is 0. The van der Waals surface area contributed by atoms with E-state index in [1.165, 1.54) is 44.5 Å². The van der Waals surface area contributed by atoms with Crippen molar-refractivity contribution in [3.8, 4) is 22.3 Å². The molecule has 0 unspecified atom stereocenters. The monoisotopic (exact) mass is 470 g/mol. The maximum Gasteiger partial charge on any atom is 0 e. The van der Waals surface area contributed by atoms with Crippen LogP contribution in [-0.4, -0.2) is 19.8 Å². The molecule has 0 aliphatic rings. The minimum Gasteiger partial charge on any atom is -0.0617 e. The zero-order valence-corrected chi connectivity index (χ0v) is 23.0. The van der Waals surface area contributed by atoms with Crippen molar-refractivity contribution in [3.05, 3.63) is 82.9 Å². The number of rotatable bonds is 6. The minimum atomic E-state index is 0. The fraction of sp³-hybridized carbons (Fsp3) is 0.400. The first-order chi connectivity index (χ1) is 14.2. The second-order valence-electron chi connectivity index (χ2n) is 9.72. The van der Waals surface area contributed by atoms with Gasteiger partial charge in [0.2, 0.25) is 0 Å². The van der Waals surface area contributed by atoms with Gasteiger partial charge in [-0.15, -0.1) is 0 Å². The molecule has 0 fully saturated rings. The Morgan fingerprint density at radius 1 is 0.484 bits per heavy atom. The smallest absolute Gasteiger partial charge is 0 e. The molecule has 0 amide bonds. The molecule has 0 saturated carbocycles. The molecule has 0 atom stereocenters. The molecule has 1 heteroatoms. The van der Waals surface area contributed by atoms with Gasteiger partial charge in [0.25, 0.3) is 0 Å². The van der Waals surface area contributed by atoms with Crippen LogP contribution in [0.25, 0.3) is 22.3 Å². The topological polar surface area (TPSA) is 0 Å². The molecule has 0 aliphatic carbocycles. The number of benzene rings is 3. The normalized spacial score (nSPS) is 11.5. The molecule has 0 aliphatic heterocycles. The first-order valence-corrected chi connectivity index (χ1v) is 11.5. The van der Waals surface area contributed by atoms with Crippen LogP contribution < -0.4 is 0 Å². The summed E-state index contributed by atoms with van der Waals surface area (Å²) in [5.41, 5.74) is 10.8. The Kier molecular flexibility index (Phi) is 8.86. The molecular formula is C30H41Ga. The minimum absolute atomic E-state index is 0. The molecule has 0 aromatic heterocycles. The van der Waals surface area contributed by atoms with E-state index >= 15 is 0 Å². The van der Waals surface area contributed by atoms with Crippen molar-refractivity contribution in [1.82, 2.24) is 0 Å². The molecule has 0 nitrogen and oxygen atoms in total. The maximum absolute atomic E-state index is 3.86. The van der Waals surface area contributed by atoms with Crippen LogP contribution in [0.4, 0.5) is 0 Å². The Hall–Kier alpha value is -1.70. The van der Waals surface area contributed by atoms with Crippen LogP contribution in [0.3, 0.4) is 0 Å². The maximum atomic E-state index is 3.86. The van der Waals surface area contributed by atoms with E-state index in [1.54, 1.807) is 0 Å². The quantitative estimate of drug-likeness (QED) is 0.314. The Balaban J connectivity index is 0.00000341. The first kappa shape index (κ1) is 25.6. The third-order valence-corrected chi connectivity index (χ3v) is 6.08. The van der Waals surface area contributed by atoms with Crippen molar-refractivity contribution in [2.45, 2.75) is 79.1 Å². The van der Waals surface area contributed by atoms with Crippen molar-refractivity contribution >= 4 is 19.8 Å². The SMILES string of the molecule is CC(C)c1cccc(C(C)C)c1-c1[c]c(-c2c(C(C)C)cccc2C(C)C)ccc1.[Ga].[HH].[HH]. The Labute approximate surface area is 206 Å². The van der Waals surface area contributed by atoms with Crippen LogP contribution in [-0.2, 0) is 0 Å². The van der Waals surface area contributed by atoms with Crippen molar-refractivity contribution in [3.63, 3.8) is 0 Å². The van der Waals surface area contributed by atoms with Crippen molar-refractivity contribution < 1.29 is 2.85 Å². The summed E-state index contributed by atoms with van der Waals surface area (Å²) in [5.74, 6) is 1.91. The predicted octanol–water partition coefficient (Wildman–Crippen LogP) is 9.43. The standard InChI is InChI=1S/C30H37.Ga.2H2/c1-19(2)25-14-10-15-26(20(3)4)29(25)23-12-9-13-24(18-23)30-27(21(5)6)16-11-17-28(30)22(7)8;;;/h9-17,19-22H,1-8H3;;2*1H. The summed E-state index contributed by atoms with van der Waals surface area (Å²) >= 11 is 0. The predicted molar refractivity (Wildman–Crippen MR) is 142 cm³/mol. The second-order valence-corrected chi connectivity index (χ2v) is 9.72. The molecule has 0 spiro atoms. The van der Waals surface area contributed by atoms with Gasteiger partial charge >= 0.3 is 0 Å². The summed E-state index contributed by atoms with van der Waals surface area (Å²) in [7, 11) is 0. The van der Waals surface area contributed by atoms with E-state index in [4.69, 9.17) is 0 Å². The van der Waals surface area contributed by atoms with E-state index in [0.29, 0.717) is 23.7 Å². The van der Waals surface area contributed by atoms with Gasteiger partial charge < -0.3 is 0 Å². The van der Waals surface area contributed by atoms with Crippen molar-refractivity contribution in [1.29, 1.82) is 0 Å². The van der Waals surface area contributed by atoms with Crippen LogP contribution in [0.5, 0.6) is 0 Å². The van der Waals surface area contributed by atoms with Crippen LogP contribution in [0.15, 0.2) is 54.6 Å². The molecule has 31 heavy (non-hydrogen) atoms. The summed E-state index contributed by atoms with van der Waals surface area (Å²) in [4.78, 5) is 0. The summed E-state index contributed by atoms with van der Waals surface area (Å²) in [6.07, 6.45) is 0. The van der Waals surface area contributed by atoms with Crippen molar-refractivity contribution in [2.24, 2.45) is 0 Å². The van der Waals surface area contributed by atoms with E-state index in [1.807, 2.05) is 0 Å². The van der Waals surface area contributed by atoms with Gasteiger partial charge in [-0.3, -0.25) is 0 Å². The van der Waals surface area contributed by atoms with Gasteiger partial charge in [0.15, 0.2) is 0 Å². The fourth-order valence-electron chi connectivity index (χ4n) is 4.48. The van der Waals surface area contributed by atoms with Crippen LogP contribution in [0, 0.1) is 6.07 Å². The van der Waals surface area contributed by atoms with Gasteiger partial charge in [-0.1, -0.05) is 110 Å². The van der Waals surface area contributed by atoms with Crippen molar-refractivity contribution in [2.75, 3.05) is 0 Å². The molecule has 3 rings (SSSR count). The third kappa shape index (κ3) is 5.38. The van der Waals surface area contributed by atoms with Crippen LogP contribution in [0.1, 0.15) is 104 Å². The van der Waals surface area contributed by atoms with Gasteiger partial charge in [0.1, 0.15) is 0 Å². The van der Waals surface area contributed by atoms with Gasteiger partial charge in [-0.05, 0) is 74.2 Å². The Bertz CT molecular complexity index is 888. The molecule has 0 heterocycles. The summed E-state index contributed by atoms with van der Waals surface area (Å²) in [6, 6.07) is 24.1. The zero-order chi connectivity index (χ0) is 22.0. The molecule has 3 aromatic carbocycles. The van der Waals surface area contributed by atoms with Gasteiger partial charge in [-0.25, -0.2) is 0 Å². The average Bonchev–Trinajstić information content (AvgIpc) is 2.72. The van der Waals surface area contributed by atoms with E-state index < -0.39 is 0 Å². The molecule has 4 radical (unpaired) electrons. The fourth-order valence-corrected chi connectivity index (χ4v) is 4.48. The summed E-state index contributed by atoms with van der Waals surface area (Å²) in [5, 5.41) is 0. The van der Waals surface area contributed by atoms with E-state index in [9.17, 15) is 0 Å². The largest absolute Gasteiger partial charge is 0.0617 e. The molecule has 164 valence electrons. The van der Waals surface area contributed by atoms with Gasteiger partial charge in [0.05, 0.1) is 0 Å². The number of hydrogen-bond donors (Lipinski definition) is 0. The molecule has 0 saturated heterocycles. The number of hydrogen-bond acceptors (Lipinski definition) is 0. The third-order valence-electron chi connectivity index (χ3n) is 6.08. The molecule has 0 bridgehead atoms. The van der Waals surface area contributed by atoms with E-state index in [0.717, 1.165) is 0 Å². The molecule has 0 N–H and O–H groups in total. The molecular weight excluding hydrogens is 430 g/mol. The zero-order valence-electron chi connectivity index (χ0n) is 20.6. The van der Waals surface area contributed by atoms with E-state index in [-0.39, 0.29) is 22.6 Å². The van der Waals surface area contributed by atoms with E-state index in [2.05, 4.69) is 116 Å². The van der Waals surface area contributed by atoms with Gasteiger partial charge in [0, 0.05) is 22.6 Å². The van der Waals surface area contributed by atoms with Crippen LogP contribution >= 0.6 is 0 Å².